The molecule has 0 amide bonds. The van der Waals surface area contributed by atoms with E-state index in [2.05, 4.69) is 93.2 Å². The van der Waals surface area contributed by atoms with Crippen molar-refractivity contribution in [3.05, 3.63) is 59.7 Å². The van der Waals surface area contributed by atoms with Crippen LogP contribution in [0.3, 0.4) is 0 Å². The van der Waals surface area contributed by atoms with Gasteiger partial charge in [-0.2, -0.15) is 0 Å². The zero-order valence-electron chi connectivity index (χ0n) is 14.1. The molecule has 1 nitrogen and oxygen atoms in total. The van der Waals surface area contributed by atoms with Gasteiger partial charge in [0.2, 0.25) is 0 Å². The summed E-state index contributed by atoms with van der Waals surface area (Å²) in [5.41, 5.74) is 2.83. The van der Waals surface area contributed by atoms with Gasteiger partial charge in [-0.05, 0) is 24.2 Å². The Hall–Kier alpha value is -1.17. The Morgan fingerprint density at radius 3 is 1.29 bits per heavy atom. The van der Waals surface area contributed by atoms with Crippen molar-refractivity contribution in [1.82, 2.24) is 4.65 Å². The normalized spacial score (nSPS) is 12.5. The second-order valence-electron chi connectivity index (χ2n) is 7.00. The molecule has 0 aliphatic carbocycles. The molecule has 2 rings (SSSR count). The molecule has 0 spiro atoms. The van der Waals surface area contributed by atoms with Crippen molar-refractivity contribution in [1.29, 1.82) is 0 Å². The van der Waals surface area contributed by atoms with Crippen molar-refractivity contribution < 1.29 is 0 Å². The summed E-state index contributed by atoms with van der Waals surface area (Å²) in [4.78, 5) is 0. The molecule has 0 aliphatic rings. The molecule has 0 bridgehead atoms. The van der Waals surface area contributed by atoms with Crippen LogP contribution in [0.25, 0.3) is 0 Å². The van der Waals surface area contributed by atoms with Gasteiger partial charge >= 0.3 is 0 Å². The number of hydrogen-bond acceptors (Lipinski definition) is 1. The van der Waals surface area contributed by atoms with Crippen LogP contribution in [0, 0.1) is 13.8 Å². The smallest absolute Gasteiger partial charge is 0.145 e. The molecule has 2 aromatic rings. The molecule has 112 valence electrons. The van der Waals surface area contributed by atoms with Crippen molar-refractivity contribution in [3.8, 4) is 0 Å². The van der Waals surface area contributed by atoms with Crippen molar-refractivity contribution in [2.75, 3.05) is 0 Å². The van der Waals surface area contributed by atoms with Gasteiger partial charge in [0.15, 0.2) is 0 Å². The monoisotopic (exact) mass is 313 g/mol. The first-order chi connectivity index (χ1) is 9.74. The highest BCUT2D eigenvalue weighted by Crippen LogP contribution is 2.11. The summed E-state index contributed by atoms with van der Waals surface area (Å²) in [7, 11) is -3.31. The minimum Gasteiger partial charge on any atom is -0.353 e. The lowest BCUT2D eigenvalue weighted by Crippen LogP contribution is -2.70. The van der Waals surface area contributed by atoms with E-state index < -0.39 is 16.5 Å². The summed E-state index contributed by atoms with van der Waals surface area (Å²) in [6, 6.07) is 17.7. The first-order valence-electron chi connectivity index (χ1n) is 7.65. The lowest BCUT2D eigenvalue weighted by molar-refractivity contribution is 1.32. The highest BCUT2D eigenvalue weighted by atomic mass is 28.4. The van der Waals surface area contributed by atoms with Gasteiger partial charge in [-0.1, -0.05) is 85.8 Å². The summed E-state index contributed by atoms with van der Waals surface area (Å²) in [6.45, 7) is 14.2. The predicted molar refractivity (Wildman–Crippen MR) is 99.7 cm³/mol. The average Bonchev–Trinajstić information content (AvgIpc) is 2.38. The van der Waals surface area contributed by atoms with E-state index in [1.54, 1.807) is 0 Å². The van der Waals surface area contributed by atoms with Crippen LogP contribution in [-0.2, 0) is 0 Å². The van der Waals surface area contributed by atoms with Gasteiger partial charge in [-0.15, -0.1) is 0 Å². The molecule has 1 N–H and O–H groups in total. The van der Waals surface area contributed by atoms with Gasteiger partial charge in [-0.3, -0.25) is 0 Å². The summed E-state index contributed by atoms with van der Waals surface area (Å²) < 4.78 is 4.12. The summed E-state index contributed by atoms with van der Waals surface area (Å²) in [6.07, 6.45) is 0. The van der Waals surface area contributed by atoms with Crippen molar-refractivity contribution in [3.63, 3.8) is 0 Å². The third-order valence-corrected chi connectivity index (χ3v) is 13.1. The van der Waals surface area contributed by atoms with Crippen LogP contribution in [0.1, 0.15) is 11.1 Å². The Balaban J connectivity index is 2.36. The number of aryl methyl sites for hydroxylation is 2. The Kier molecular flexibility index (Phi) is 4.56. The molecule has 3 heteroatoms. The van der Waals surface area contributed by atoms with E-state index in [0.717, 1.165) is 0 Å². The van der Waals surface area contributed by atoms with E-state index in [9.17, 15) is 0 Å². The van der Waals surface area contributed by atoms with Gasteiger partial charge < -0.3 is 4.65 Å². The van der Waals surface area contributed by atoms with E-state index in [1.165, 1.54) is 21.5 Å². The standard InChI is InChI=1S/C18H27NSi2/c1-15-11-7-9-13-17(15)20(3,4)19-21(5,6)18-14-10-8-12-16(18)2/h7-14,19H,1-6H3. The van der Waals surface area contributed by atoms with Gasteiger partial charge in [-0.25, -0.2) is 0 Å². The highest BCUT2D eigenvalue weighted by Gasteiger charge is 2.35. The van der Waals surface area contributed by atoms with E-state index in [1.807, 2.05) is 0 Å². The van der Waals surface area contributed by atoms with Crippen molar-refractivity contribution >= 4 is 26.8 Å². The van der Waals surface area contributed by atoms with Crippen LogP contribution in [0.5, 0.6) is 0 Å². The minimum absolute atomic E-state index is 1.41. The van der Waals surface area contributed by atoms with Crippen molar-refractivity contribution in [2.24, 2.45) is 0 Å². The molecule has 21 heavy (non-hydrogen) atoms. The molecule has 0 unspecified atom stereocenters. The van der Waals surface area contributed by atoms with Gasteiger partial charge in [0, 0.05) is 0 Å². The van der Waals surface area contributed by atoms with E-state index in [4.69, 9.17) is 0 Å². The second-order valence-corrected chi connectivity index (χ2v) is 15.6. The maximum Gasteiger partial charge on any atom is 0.145 e. The Labute approximate surface area is 131 Å². The predicted octanol–water partition coefficient (Wildman–Crippen LogP) is 3.42. The molecule has 0 saturated heterocycles. The van der Waals surface area contributed by atoms with Crippen LogP contribution in [0.4, 0.5) is 0 Å². The largest absolute Gasteiger partial charge is 0.353 e. The number of hydrogen-bond donors (Lipinski definition) is 1. The van der Waals surface area contributed by atoms with Crippen LogP contribution in [0.2, 0.25) is 26.2 Å². The number of nitrogens with one attached hydrogen (secondary N) is 1. The SMILES string of the molecule is Cc1ccccc1[Si](C)(C)N[Si](C)(C)c1ccccc1C. The second kappa shape index (κ2) is 5.91. The average molecular weight is 314 g/mol. The molecular formula is C18H27NSi2. The maximum absolute atomic E-state index is 4.12. The molecule has 0 heterocycles. The summed E-state index contributed by atoms with van der Waals surface area (Å²) in [5.74, 6) is 0. The van der Waals surface area contributed by atoms with Gasteiger partial charge in [0.1, 0.15) is 16.5 Å². The zero-order chi connectivity index (χ0) is 15.7. The molecule has 0 saturated carbocycles. The Morgan fingerprint density at radius 1 is 0.619 bits per heavy atom. The molecule has 2 aromatic carbocycles. The quantitative estimate of drug-likeness (QED) is 0.853. The fraction of sp³-hybridized carbons (Fsp3) is 0.333. The van der Waals surface area contributed by atoms with E-state index in [0.29, 0.717) is 0 Å². The number of rotatable bonds is 4. The third-order valence-electron chi connectivity index (χ3n) is 4.26. The fourth-order valence-corrected chi connectivity index (χ4v) is 14.0. The van der Waals surface area contributed by atoms with Gasteiger partial charge in [0.05, 0.1) is 0 Å². The summed E-state index contributed by atoms with van der Waals surface area (Å²) >= 11 is 0. The first-order valence-corrected chi connectivity index (χ1v) is 13.7. The first kappa shape index (κ1) is 16.2. The van der Waals surface area contributed by atoms with Crippen LogP contribution in [0.15, 0.2) is 48.5 Å². The Morgan fingerprint density at radius 2 is 0.952 bits per heavy atom. The molecule has 0 aliphatic heterocycles. The Bertz CT molecular complexity index is 577. The molecule has 0 atom stereocenters. The van der Waals surface area contributed by atoms with Gasteiger partial charge in [0.25, 0.3) is 0 Å². The lowest BCUT2D eigenvalue weighted by Gasteiger charge is -2.36. The lowest BCUT2D eigenvalue weighted by atomic mass is 10.2. The minimum atomic E-state index is -1.65. The third kappa shape index (κ3) is 3.54. The van der Waals surface area contributed by atoms with E-state index >= 15 is 0 Å². The maximum atomic E-state index is 4.12. The fourth-order valence-electron chi connectivity index (χ4n) is 3.46. The van der Waals surface area contributed by atoms with E-state index in [-0.39, 0.29) is 0 Å². The molecule has 0 aromatic heterocycles. The molecule has 0 radical (unpaired) electrons. The zero-order valence-corrected chi connectivity index (χ0v) is 16.1. The van der Waals surface area contributed by atoms with Crippen LogP contribution >= 0.6 is 0 Å². The highest BCUT2D eigenvalue weighted by molar-refractivity contribution is 7.02. The molecular weight excluding hydrogens is 286 g/mol. The topological polar surface area (TPSA) is 12.0 Å². The summed E-state index contributed by atoms with van der Waals surface area (Å²) in [5, 5.41) is 3.05. The molecule has 0 fully saturated rings. The van der Waals surface area contributed by atoms with Crippen LogP contribution < -0.4 is 15.0 Å². The van der Waals surface area contributed by atoms with Crippen molar-refractivity contribution in [2.45, 2.75) is 40.0 Å². The van der Waals surface area contributed by atoms with Crippen LogP contribution in [-0.4, -0.2) is 16.5 Å². The number of benzene rings is 2.